The molecule has 1 aliphatic carbocycles. The number of fused-ring (bicyclic) bond motifs is 3. The van der Waals surface area contributed by atoms with Gasteiger partial charge in [-0.25, -0.2) is 4.98 Å². The van der Waals surface area contributed by atoms with Crippen molar-refractivity contribution in [3.05, 3.63) is 53.2 Å². The van der Waals surface area contributed by atoms with Crippen LogP contribution >= 0.6 is 0 Å². The third-order valence-corrected chi connectivity index (χ3v) is 4.91. The number of hydrogen-bond acceptors (Lipinski definition) is 4. The number of benzene rings is 1. The summed E-state index contributed by atoms with van der Waals surface area (Å²) in [5.74, 6) is 2.37. The second-order valence-corrected chi connectivity index (χ2v) is 6.47. The summed E-state index contributed by atoms with van der Waals surface area (Å²) in [6, 6.07) is 6.15. The largest absolute Gasteiger partial charge is 0.493 e. The molecule has 4 N–H and O–H groups in total. The highest BCUT2D eigenvalue weighted by Crippen LogP contribution is 2.64. The van der Waals surface area contributed by atoms with Crippen molar-refractivity contribution in [1.29, 1.82) is 5.41 Å². The lowest BCUT2D eigenvalue weighted by Gasteiger charge is -2.18. The van der Waals surface area contributed by atoms with E-state index in [4.69, 9.17) is 15.9 Å². The molecule has 4 rings (SSSR count). The number of hydrogen-bond donors (Lipinski definition) is 3. The summed E-state index contributed by atoms with van der Waals surface area (Å²) in [4.78, 5) is 7.37. The highest BCUT2D eigenvalue weighted by molar-refractivity contribution is 6.21. The molecule has 1 aromatic carbocycles. The van der Waals surface area contributed by atoms with E-state index in [0.29, 0.717) is 29.2 Å². The molecule has 0 unspecified atom stereocenters. The van der Waals surface area contributed by atoms with Crippen molar-refractivity contribution in [3.63, 3.8) is 0 Å². The Kier molecular flexibility index (Phi) is 3.04. The van der Waals surface area contributed by atoms with E-state index in [1.807, 2.05) is 25.3 Å². The van der Waals surface area contributed by atoms with E-state index >= 15 is 0 Å². The Morgan fingerprint density at radius 2 is 2.17 bits per heavy atom. The van der Waals surface area contributed by atoms with Crippen molar-refractivity contribution in [2.24, 2.45) is 11.7 Å². The molecule has 3 atom stereocenters. The predicted octanol–water partition coefficient (Wildman–Crippen LogP) is 3.03. The van der Waals surface area contributed by atoms with E-state index < -0.39 is 0 Å². The number of nitrogens with one attached hydrogen (secondary N) is 2. The van der Waals surface area contributed by atoms with Crippen LogP contribution in [0.15, 0.2) is 36.4 Å². The third kappa shape index (κ3) is 2.15. The first-order valence-corrected chi connectivity index (χ1v) is 7.85. The van der Waals surface area contributed by atoms with Gasteiger partial charge in [0.1, 0.15) is 5.75 Å². The number of nitrogens with two attached hydrogens (primary N) is 1. The molecule has 0 amide bonds. The minimum absolute atomic E-state index is 0.446. The standard InChI is InChI=1S/C18H20N4O/c1-9(19)16(10(2)20)11-3-4-15-12(5-11)17-13(7-23-15)18(17)14-6-21-8-22-14/h3-6,8,13,17-19H,7,20H2,1-2H3,(H,21,22)/t13-,17+,18-/m0/s1. The van der Waals surface area contributed by atoms with Crippen molar-refractivity contribution >= 4 is 11.3 Å². The SMILES string of the molecule is CC(=N)C(=C(C)N)c1ccc2c(c1)[C@@H]1[C@H](CO2)[C@H]1c1cnc[nH]1. The first-order valence-electron chi connectivity index (χ1n) is 7.85. The molecular weight excluding hydrogens is 288 g/mol. The van der Waals surface area contributed by atoms with Crippen LogP contribution in [0.3, 0.4) is 0 Å². The summed E-state index contributed by atoms with van der Waals surface area (Å²) < 4.78 is 5.93. The van der Waals surface area contributed by atoms with Gasteiger partial charge in [-0.15, -0.1) is 0 Å². The van der Waals surface area contributed by atoms with E-state index in [2.05, 4.69) is 16.0 Å². The van der Waals surface area contributed by atoms with Crippen LogP contribution < -0.4 is 10.5 Å². The van der Waals surface area contributed by atoms with Crippen LogP contribution in [0, 0.1) is 11.3 Å². The number of allylic oxidation sites excluding steroid dienone is 2. The van der Waals surface area contributed by atoms with Gasteiger partial charge in [0, 0.05) is 46.6 Å². The molecule has 5 nitrogen and oxygen atoms in total. The molecule has 23 heavy (non-hydrogen) atoms. The van der Waals surface area contributed by atoms with Crippen molar-refractivity contribution in [2.45, 2.75) is 25.7 Å². The fourth-order valence-electron chi connectivity index (χ4n) is 3.90. The zero-order chi connectivity index (χ0) is 16.1. The summed E-state index contributed by atoms with van der Waals surface area (Å²) in [5, 5.41) is 7.99. The smallest absolute Gasteiger partial charge is 0.122 e. The maximum Gasteiger partial charge on any atom is 0.122 e. The Labute approximate surface area is 135 Å². The Hall–Kier alpha value is -2.56. The lowest BCUT2D eigenvalue weighted by molar-refractivity contribution is 0.277. The van der Waals surface area contributed by atoms with Gasteiger partial charge in [0.05, 0.1) is 12.9 Å². The van der Waals surface area contributed by atoms with Gasteiger partial charge in [-0.05, 0) is 37.1 Å². The molecule has 2 heterocycles. The second kappa shape index (κ2) is 4.98. The van der Waals surface area contributed by atoms with Crippen LogP contribution in [0.5, 0.6) is 5.75 Å². The van der Waals surface area contributed by atoms with E-state index in [1.54, 1.807) is 13.3 Å². The molecule has 2 aromatic rings. The number of aromatic amines is 1. The third-order valence-electron chi connectivity index (χ3n) is 4.91. The molecule has 1 saturated carbocycles. The Morgan fingerprint density at radius 3 is 2.83 bits per heavy atom. The molecule has 118 valence electrons. The highest BCUT2D eigenvalue weighted by atomic mass is 16.5. The number of H-pyrrole nitrogens is 1. The van der Waals surface area contributed by atoms with Crippen LogP contribution in [0.1, 0.15) is 42.5 Å². The van der Waals surface area contributed by atoms with E-state index in [1.165, 1.54) is 11.3 Å². The van der Waals surface area contributed by atoms with Gasteiger partial charge in [0.15, 0.2) is 0 Å². The van der Waals surface area contributed by atoms with Gasteiger partial charge in [0.2, 0.25) is 0 Å². The van der Waals surface area contributed by atoms with E-state index in [-0.39, 0.29) is 0 Å². The number of aromatic nitrogens is 2. The Balaban J connectivity index is 1.75. The molecule has 2 aliphatic rings. The molecule has 5 heteroatoms. The summed E-state index contributed by atoms with van der Waals surface area (Å²) in [7, 11) is 0. The minimum atomic E-state index is 0.446. The molecule has 1 aliphatic heterocycles. The summed E-state index contributed by atoms with van der Waals surface area (Å²) in [6.07, 6.45) is 3.64. The van der Waals surface area contributed by atoms with Crippen molar-refractivity contribution < 1.29 is 4.74 Å². The first-order chi connectivity index (χ1) is 11.1. The molecule has 0 radical (unpaired) electrons. The molecule has 1 aromatic heterocycles. The van der Waals surface area contributed by atoms with Crippen molar-refractivity contribution in [1.82, 2.24) is 9.97 Å². The molecule has 0 bridgehead atoms. The Morgan fingerprint density at radius 1 is 1.35 bits per heavy atom. The average Bonchev–Trinajstić information content (AvgIpc) is 2.99. The molecule has 0 spiro atoms. The van der Waals surface area contributed by atoms with Crippen molar-refractivity contribution in [2.75, 3.05) is 6.61 Å². The average molecular weight is 308 g/mol. The molecular formula is C18H20N4O. The number of imidazole rings is 1. The quantitative estimate of drug-likeness (QED) is 0.762. The number of rotatable bonds is 3. The maximum absolute atomic E-state index is 7.99. The van der Waals surface area contributed by atoms with Crippen LogP contribution in [-0.2, 0) is 0 Å². The van der Waals surface area contributed by atoms with Gasteiger partial charge in [-0.3, -0.25) is 0 Å². The predicted molar refractivity (Wildman–Crippen MR) is 89.7 cm³/mol. The normalized spacial score (nSPS) is 25.7. The fourth-order valence-corrected chi connectivity index (χ4v) is 3.90. The zero-order valence-corrected chi connectivity index (χ0v) is 13.3. The summed E-state index contributed by atoms with van der Waals surface area (Å²) >= 11 is 0. The van der Waals surface area contributed by atoms with Crippen LogP contribution in [0.25, 0.3) is 5.57 Å². The lowest BCUT2D eigenvalue weighted by atomic mass is 9.95. The van der Waals surface area contributed by atoms with Gasteiger partial charge >= 0.3 is 0 Å². The topological polar surface area (TPSA) is 87.8 Å². The second-order valence-electron chi connectivity index (χ2n) is 6.47. The summed E-state index contributed by atoms with van der Waals surface area (Å²) in [6.45, 7) is 4.37. The number of ether oxygens (including phenoxy) is 1. The van der Waals surface area contributed by atoms with Gasteiger partial charge in [-0.2, -0.15) is 0 Å². The van der Waals surface area contributed by atoms with Gasteiger partial charge in [0.25, 0.3) is 0 Å². The van der Waals surface area contributed by atoms with Crippen molar-refractivity contribution in [3.8, 4) is 5.75 Å². The fraction of sp³-hybridized carbons (Fsp3) is 0.333. The highest BCUT2D eigenvalue weighted by Gasteiger charge is 2.56. The minimum Gasteiger partial charge on any atom is -0.493 e. The summed E-state index contributed by atoms with van der Waals surface area (Å²) in [5.41, 5.74) is 11.4. The number of nitrogens with zero attached hydrogens (tertiary/aromatic N) is 1. The monoisotopic (exact) mass is 308 g/mol. The maximum atomic E-state index is 7.99. The Bertz CT molecular complexity index is 802. The van der Waals surface area contributed by atoms with E-state index in [0.717, 1.165) is 23.5 Å². The lowest BCUT2D eigenvalue weighted by Crippen LogP contribution is -2.10. The van der Waals surface area contributed by atoms with Crippen LogP contribution in [0.2, 0.25) is 0 Å². The van der Waals surface area contributed by atoms with Gasteiger partial charge in [-0.1, -0.05) is 6.07 Å². The van der Waals surface area contributed by atoms with Gasteiger partial charge < -0.3 is 20.9 Å². The van der Waals surface area contributed by atoms with Crippen LogP contribution in [0.4, 0.5) is 0 Å². The first kappa shape index (κ1) is 14.1. The van der Waals surface area contributed by atoms with Crippen LogP contribution in [-0.4, -0.2) is 22.3 Å². The van der Waals surface area contributed by atoms with E-state index in [9.17, 15) is 0 Å². The zero-order valence-electron chi connectivity index (χ0n) is 13.3. The molecule has 1 fully saturated rings. The molecule has 0 saturated heterocycles.